The number of aromatic carboxylic acids is 1. The number of anilines is 1. The first-order chi connectivity index (χ1) is 9.90. The first kappa shape index (κ1) is 14.5. The van der Waals surface area contributed by atoms with Crippen molar-refractivity contribution in [2.75, 3.05) is 5.32 Å². The molecule has 5 nitrogen and oxygen atoms in total. The van der Waals surface area contributed by atoms with Crippen molar-refractivity contribution >= 4 is 17.6 Å². The van der Waals surface area contributed by atoms with Gasteiger partial charge in [0.25, 0.3) is 5.91 Å². The molecule has 2 aromatic carbocycles. The van der Waals surface area contributed by atoms with Gasteiger partial charge in [-0.25, -0.2) is 9.18 Å². The summed E-state index contributed by atoms with van der Waals surface area (Å²) in [5.74, 6) is -3.17. The van der Waals surface area contributed by atoms with Gasteiger partial charge in [0.1, 0.15) is 11.6 Å². The molecule has 1 amide bonds. The third kappa shape index (κ3) is 3.00. The fraction of sp³-hybridized carbons (Fsp3) is 0.0667. The zero-order chi connectivity index (χ0) is 15.6. The third-order valence-corrected chi connectivity index (χ3v) is 2.94. The van der Waals surface area contributed by atoms with Crippen LogP contribution in [-0.2, 0) is 0 Å². The number of nitrogens with one attached hydrogen (secondary N) is 1. The van der Waals surface area contributed by atoms with E-state index in [2.05, 4.69) is 5.32 Å². The Bertz CT molecular complexity index is 728. The number of hydrogen-bond acceptors (Lipinski definition) is 3. The third-order valence-electron chi connectivity index (χ3n) is 2.94. The van der Waals surface area contributed by atoms with Gasteiger partial charge in [-0.1, -0.05) is 12.1 Å². The number of aromatic hydroxyl groups is 1. The van der Waals surface area contributed by atoms with Gasteiger partial charge in [0.05, 0.1) is 16.8 Å². The van der Waals surface area contributed by atoms with E-state index in [9.17, 15) is 14.0 Å². The van der Waals surface area contributed by atoms with Crippen LogP contribution in [0.25, 0.3) is 0 Å². The van der Waals surface area contributed by atoms with Crippen LogP contribution in [0.5, 0.6) is 5.75 Å². The molecule has 2 rings (SSSR count). The average Bonchev–Trinajstić information content (AvgIpc) is 2.40. The van der Waals surface area contributed by atoms with Crippen molar-refractivity contribution in [3.8, 4) is 5.75 Å². The number of hydrogen-bond donors (Lipinski definition) is 3. The van der Waals surface area contributed by atoms with E-state index in [1.807, 2.05) is 0 Å². The summed E-state index contributed by atoms with van der Waals surface area (Å²) in [5, 5.41) is 20.6. The van der Waals surface area contributed by atoms with Crippen molar-refractivity contribution in [2.45, 2.75) is 6.92 Å². The zero-order valence-electron chi connectivity index (χ0n) is 11.1. The zero-order valence-corrected chi connectivity index (χ0v) is 11.1. The molecule has 0 aliphatic carbocycles. The number of benzene rings is 2. The van der Waals surface area contributed by atoms with Crippen LogP contribution in [0.4, 0.5) is 10.1 Å². The van der Waals surface area contributed by atoms with Crippen molar-refractivity contribution in [2.24, 2.45) is 0 Å². The van der Waals surface area contributed by atoms with Crippen LogP contribution in [0.15, 0.2) is 36.4 Å². The van der Waals surface area contributed by atoms with E-state index < -0.39 is 17.7 Å². The second kappa shape index (κ2) is 5.62. The Morgan fingerprint density at radius 2 is 1.86 bits per heavy atom. The van der Waals surface area contributed by atoms with Gasteiger partial charge in [0.2, 0.25) is 0 Å². The molecule has 0 radical (unpaired) electrons. The van der Waals surface area contributed by atoms with Crippen molar-refractivity contribution in [3.63, 3.8) is 0 Å². The normalized spacial score (nSPS) is 10.2. The van der Waals surface area contributed by atoms with Gasteiger partial charge in [-0.2, -0.15) is 0 Å². The first-order valence-corrected chi connectivity index (χ1v) is 6.03. The van der Waals surface area contributed by atoms with Crippen LogP contribution < -0.4 is 5.32 Å². The highest BCUT2D eigenvalue weighted by atomic mass is 19.1. The van der Waals surface area contributed by atoms with Crippen LogP contribution in [0.1, 0.15) is 26.3 Å². The van der Waals surface area contributed by atoms with E-state index in [4.69, 9.17) is 10.2 Å². The summed E-state index contributed by atoms with van der Waals surface area (Å²) in [6.07, 6.45) is 0. The van der Waals surface area contributed by atoms with Crippen molar-refractivity contribution in [3.05, 3.63) is 58.9 Å². The highest BCUT2D eigenvalue weighted by Gasteiger charge is 2.17. The van der Waals surface area contributed by atoms with Crippen molar-refractivity contribution in [1.82, 2.24) is 0 Å². The molecule has 0 saturated carbocycles. The fourth-order valence-electron chi connectivity index (χ4n) is 1.88. The molecule has 2 aromatic rings. The number of carbonyl (C=O) groups is 2. The summed E-state index contributed by atoms with van der Waals surface area (Å²) in [7, 11) is 0. The highest BCUT2D eigenvalue weighted by molar-refractivity contribution is 6.08. The maximum atomic E-state index is 13.6. The number of carbonyl (C=O) groups excluding carboxylic acids is 1. The lowest BCUT2D eigenvalue weighted by atomic mass is 10.1. The Labute approximate surface area is 119 Å². The maximum absolute atomic E-state index is 13.6. The predicted octanol–water partition coefficient (Wildman–Crippen LogP) is 2.79. The number of amides is 1. The summed E-state index contributed by atoms with van der Waals surface area (Å²) >= 11 is 0. The molecule has 0 aromatic heterocycles. The molecule has 3 N–H and O–H groups in total. The van der Waals surface area contributed by atoms with E-state index in [1.54, 1.807) is 19.1 Å². The number of phenols is 1. The summed E-state index contributed by atoms with van der Waals surface area (Å²) in [6.45, 7) is 1.63. The second-order valence-electron chi connectivity index (χ2n) is 4.42. The Morgan fingerprint density at radius 3 is 2.48 bits per heavy atom. The minimum atomic E-state index is -1.19. The number of carboxylic acids is 1. The number of halogens is 1. The molecule has 0 spiro atoms. The molecule has 108 valence electrons. The molecule has 0 fully saturated rings. The van der Waals surface area contributed by atoms with Crippen molar-refractivity contribution < 1.29 is 24.2 Å². The predicted molar refractivity (Wildman–Crippen MR) is 74.2 cm³/mol. The fourth-order valence-corrected chi connectivity index (χ4v) is 1.88. The van der Waals surface area contributed by atoms with Crippen LogP contribution >= 0.6 is 0 Å². The SMILES string of the molecule is Cc1cccc(C(=O)O)c1NC(=O)c1ccc(O)cc1F. The molecule has 6 heteroatoms. The van der Waals surface area contributed by atoms with Gasteiger partial charge in [-0.3, -0.25) is 4.79 Å². The number of rotatable bonds is 3. The lowest BCUT2D eigenvalue weighted by Crippen LogP contribution is -2.17. The van der Waals surface area contributed by atoms with E-state index >= 15 is 0 Å². The van der Waals surface area contributed by atoms with Crippen LogP contribution in [0, 0.1) is 12.7 Å². The maximum Gasteiger partial charge on any atom is 0.337 e. The average molecular weight is 289 g/mol. The quantitative estimate of drug-likeness (QED) is 0.811. The molecular weight excluding hydrogens is 277 g/mol. The molecule has 0 aliphatic rings. The summed E-state index contributed by atoms with van der Waals surface area (Å²) in [6, 6.07) is 7.64. The number of aryl methyl sites for hydroxylation is 1. The number of phenolic OH excluding ortho intramolecular Hbond substituents is 1. The molecule has 0 atom stereocenters. The molecular formula is C15H12FNO4. The largest absolute Gasteiger partial charge is 0.508 e. The lowest BCUT2D eigenvalue weighted by Gasteiger charge is -2.12. The van der Waals surface area contributed by atoms with Crippen LogP contribution in [0.2, 0.25) is 0 Å². The minimum Gasteiger partial charge on any atom is -0.508 e. The lowest BCUT2D eigenvalue weighted by molar-refractivity contribution is 0.0698. The highest BCUT2D eigenvalue weighted by Crippen LogP contribution is 2.22. The van der Waals surface area contributed by atoms with E-state index in [0.29, 0.717) is 5.56 Å². The van der Waals surface area contributed by atoms with Gasteiger partial charge in [0, 0.05) is 6.07 Å². The Balaban J connectivity index is 2.38. The van der Waals surface area contributed by atoms with Gasteiger partial charge in [-0.15, -0.1) is 0 Å². The molecule has 21 heavy (non-hydrogen) atoms. The second-order valence-corrected chi connectivity index (χ2v) is 4.42. The Kier molecular flexibility index (Phi) is 3.89. The monoisotopic (exact) mass is 289 g/mol. The van der Waals surface area contributed by atoms with Gasteiger partial charge in [-0.05, 0) is 30.7 Å². The van der Waals surface area contributed by atoms with Gasteiger partial charge in [0.15, 0.2) is 0 Å². The summed E-state index contributed by atoms with van der Waals surface area (Å²) in [5.41, 5.74) is 0.292. The topological polar surface area (TPSA) is 86.6 Å². The molecule has 0 unspecified atom stereocenters. The van der Waals surface area contributed by atoms with Crippen molar-refractivity contribution in [1.29, 1.82) is 0 Å². The van der Waals surface area contributed by atoms with E-state index in [1.165, 1.54) is 12.1 Å². The standard InChI is InChI=1S/C15H12FNO4/c1-8-3-2-4-11(15(20)21)13(8)17-14(19)10-6-5-9(18)7-12(10)16/h2-7,18H,1H3,(H,17,19)(H,20,21). The number of para-hydroxylation sites is 1. The van der Waals surface area contributed by atoms with E-state index in [0.717, 1.165) is 12.1 Å². The Morgan fingerprint density at radius 1 is 1.14 bits per heavy atom. The first-order valence-electron chi connectivity index (χ1n) is 6.03. The van der Waals surface area contributed by atoms with Gasteiger partial charge >= 0.3 is 5.97 Å². The molecule has 0 heterocycles. The Hall–Kier alpha value is -2.89. The summed E-state index contributed by atoms with van der Waals surface area (Å²) < 4.78 is 13.6. The smallest absolute Gasteiger partial charge is 0.337 e. The van der Waals surface area contributed by atoms with Gasteiger partial charge < -0.3 is 15.5 Å². The number of carboxylic acid groups (broad SMARTS) is 1. The molecule has 0 saturated heterocycles. The van der Waals surface area contributed by atoms with Crippen LogP contribution in [0.3, 0.4) is 0 Å². The molecule has 0 bridgehead atoms. The molecule has 0 aliphatic heterocycles. The minimum absolute atomic E-state index is 0.0810. The summed E-state index contributed by atoms with van der Waals surface area (Å²) in [4.78, 5) is 23.2. The van der Waals surface area contributed by atoms with Crippen LogP contribution in [-0.4, -0.2) is 22.1 Å². The van der Waals surface area contributed by atoms with E-state index in [-0.39, 0.29) is 22.6 Å².